The molecule has 1 amide bonds. The quantitative estimate of drug-likeness (QED) is 0.543. The first-order chi connectivity index (χ1) is 15.1. The Hall–Kier alpha value is -2.16. The van der Waals surface area contributed by atoms with Crippen LogP contribution in [0.2, 0.25) is 5.02 Å². The van der Waals surface area contributed by atoms with Crippen molar-refractivity contribution in [2.75, 3.05) is 6.26 Å². The van der Waals surface area contributed by atoms with Gasteiger partial charge in [-0.05, 0) is 56.4 Å². The number of amides is 1. The van der Waals surface area contributed by atoms with Crippen LogP contribution >= 0.6 is 22.9 Å². The standard InChI is InChI=1S/C23H21ClN2O4S2/c1-32(28,29)23(7-8-23)18-6-5-17(30-18)19(27)26-22-11-21(12-22,13-22)20-25-16(10-31-20)14-3-2-4-15(24)9-14/h2-6,9-10H,7-8,11-13H2,1H3,(H,26,27). The lowest BCUT2D eigenvalue weighted by Gasteiger charge is -2.69. The predicted octanol–water partition coefficient (Wildman–Crippen LogP) is 4.69. The van der Waals surface area contributed by atoms with Gasteiger partial charge in [0, 0.05) is 33.2 Å². The SMILES string of the molecule is CS(=O)(=O)C1(c2ccc(C(=O)NC34CC(c5nc(-c6cccc(Cl)c6)cs5)(C3)C4)o2)CC1. The normalized spacial score (nSPS) is 27.3. The molecule has 7 rings (SSSR count). The van der Waals surface area contributed by atoms with Crippen LogP contribution in [-0.2, 0) is 20.0 Å². The van der Waals surface area contributed by atoms with Crippen LogP contribution < -0.4 is 5.32 Å². The second kappa shape index (κ2) is 6.46. The molecule has 9 heteroatoms. The molecule has 0 radical (unpaired) electrons. The van der Waals surface area contributed by atoms with E-state index in [9.17, 15) is 13.2 Å². The van der Waals surface area contributed by atoms with Crippen molar-refractivity contribution in [1.29, 1.82) is 0 Å². The van der Waals surface area contributed by atoms with Gasteiger partial charge in [-0.2, -0.15) is 0 Å². The van der Waals surface area contributed by atoms with Gasteiger partial charge >= 0.3 is 0 Å². The summed E-state index contributed by atoms with van der Waals surface area (Å²) in [5, 5.41) is 6.97. The van der Waals surface area contributed by atoms with E-state index in [2.05, 4.69) is 10.7 Å². The van der Waals surface area contributed by atoms with Gasteiger partial charge in [0.2, 0.25) is 0 Å². The third-order valence-corrected chi connectivity index (χ3v) is 10.5. The van der Waals surface area contributed by atoms with E-state index in [1.807, 2.05) is 24.3 Å². The molecule has 2 aromatic heterocycles. The van der Waals surface area contributed by atoms with Crippen LogP contribution in [0.3, 0.4) is 0 Å². The number of sulfone groups is 1. The molecule has 32 heavy (non-hydrogen) atoms. The summed E-state index contributed by atoms with van der Waals surface area (Å²) in [7, 11) is -3.28. The summed E-state index contributed by atoms with van der Waals surface area (Å²) in [5.41, 5.74) is 1.75. The number of nitrogens with one attached hydrogen (secondary N) is 1. The number of benzene rings is 1. The van der Waals surface area contributed by atoms with E-state index in [0.717, 1.165) is 35.5 Å². The molecule has 4 aliphatic rings. The van der Waals surface area contributed by atoms with Crippen molar-refractivity contribution in [2.24, 2.45) is 0 Å². The Kier molecular flexibility index (Phi) is 4.13. The van der Waals surface area contributed by atoms with E-state index in [-0.39, 0.29) is 22.6 Å². The van der Waals surface area contributed by atoms with Crippen LogP contribution in [0.1, 0.15) is 53.4 Å². The van der Waals surface area contributed by atoms with Crippen LogP contribution in [0.15, 0.2) is 46.2 Å². The Bertz CT molecular complexity index is 1350. The maximum atomic E-state index is 12.8. The number of furan rings is 1. The zero-order chi connectivity index (χ0) is 22.4. The van der Waals surface area contributed by atoms with E-state index in [1.165, 1.54) is 6.26 Å². The van der Waals surface area contributed by atoms with Gasteiger partial charge in [0.15, 0.2) is 15.6 Å². The number of rotatable bonds is 6. The lowest BCUT2D eigenvalue weighted by molar-refractivity contribution is -0.0812. The second-order valence-electron chi connectivity index (χ2n) is 9.52. The summed E-state index contributed by atoms with van der Waals surface area (Å²) in [6, 6.07) is 10.9. The largest absolute Gasteiger partial charge is 0.454 e. The fourth-order valence-electron chi connectivity index (χ4n) is 5.37. The molecule has 0 saturated heterocycles. The van der Waals surface area contributed by atoms with Gasteiger partial charge in [-0.25, -0.2) is 13.4 Å². The van der Waals surface area contributed by atoms with Crippen molar-refractivity contribution in [3.8, 4) is 11.3 Å². The minimum Gasteiger partial charge on any atom is -0.454 e. The third kappa shape index (κ3) is 2.92. The Morgan fingerprint density at radius 2 is 1.94 bits per heavy atom. The second-order valence-corrected chi connectivity index (χ2v) is 13.1. The third-order valence-electron chi connectivity index (χ3n) is 7.18. The molecular formula is C23H21ClN2O4S2. The summed E-state index contributed by atoms with van der Waals surface area (Å²) in [6.45, 7) is 0. The van der Waals surface area contributed by atoms with Gasteiger partial charge in [0.05, 0.1) is 10.7 Å². The molecule has 1 aromatic carbocycles. The fourth-order valence-corrected chi connectivity index (χ4v) is 7.90. The summed E-state index contributed by atoms with van der Waals surface area (Å²) >= 11 is 7.76. The average Bonchev–Trinajstić information content (AvgIpc) is 3.13. The molecule has 2 heterocycles. The average molecular weight is 489 g/mol. The molecular weight excluding hydrogens is 468 g/mol. The topological polar surface area (TPSA) is 89.3 Å². The van der Waals surface area contributed by atoms with Gasteiger partial charge in [-0.1, -0.05) is 23.7 Å². The minimum absolute atomic E-state index is 0.0391. The van der Waals surface area contributed by atoms with Crippen molar-refractivity contribution in [2.45, 2.75) is 47.8 Å². The monoisotopic (exact) mass is 488 g/mol. The first-order valence-corrected chi connectivity index (χ1v) is 13.6. The highest BCUT2D eigenvalue weighted by Gasteiger charge is 2.70. The van der Waals surface area contributed by atoms with Crippen molar-refractivity contribution >= 4 is 38.7 Å². The maximum Gasteiger partial charge on any atom is 0.287 e. The van der Waals surface area contributed by atoms with Crippen LogP contribution in [0.25, 0.3) is 11.3 Å². The maximum absolute atomic E-state index is 12.8. The van der Waals surface area contributed by atoms with Gasteiger partial charge in [-0.15, -0.1) is 11.3 Å². The first-order valence-electron chi connectivity index (χ1n) is 10.5. The molecule has 0 atom stereocenters. The molecule has 6 nitrogen and oxygen atoms in total. The van der Waals surface area contributed by atoms with E-state index in [1.54, 1.807) is 23.5 Å². The van der Waals surface area contributed by atoms with Crippen molar-refractivity contribution in [1.82, 2.24) is 10.3 Å². The molecule has 1 N–H and O–H groups in total. The minimum atomic E-state index is -3.28. The Labute approximate surface area is 194 Å². The lowest BCUT2D eigenvalue weighted by atomic mass is 9.39. The highest BCUT2D eigenvalue weighted by molar-refractivity contribution is 7.91. The number of aromatic nitrogens is 1. The molecule has 0 aliphatic heterocycles. The van der Waals surface area contributed by atoms with Crippen molar-refractivity contribution in [3.63, 3.8) is 0 Å². The Balaban J connectivity index is 1.13. The molecule has 0 unspecified atom stereocenters. The molecule has 4 aliphatic carbocycles. The molecule has 4 saturated carbocycles. The fraction of sp³-hybridized carbons (Fsp3) is 0.391. The zero-order valence-electron chi connectivity index (χ0n) is 17.4. The van der Waals surface area contributed by atoms with Crippen LogP contribution in [0.4, 0.5) is 0 Å². The number of thiazole rings is 1. The zero-order valence-corrected chi connectivity index (χ0v) is 19.7. The van der Waals surface area contributed by atoms with Crippen LogP contribution in [0.5, 0.6) is 0 Å². The van der Waals surface area contributed by atoms with Crippen molar-refractivity contribution in [3.05, 3.63) is 63.3 Å². The number of hydrogen-bond acceptors (Lipinski definition) is 6. The molecule has 4 fully saturated rings. The van der Waals surface area contributed by atoms with Gasteiger partial charge in [0.25, 0.3) is 5.91 Å². The van der Waals surface area contributed by atoms with E-state index in [0.29, 0.717) is 23.6 Å². The summed E-state index contributed by atoms with van der Waals surface area (Å²) in [5.74, 6) is 0.259. The van der Waals surface area contributed by atoms with Gasteiger partial charge in [-0.3, -0.25) is 4.79 Å². The molecule has 3 aromatic rings. The Morgan fingerprint density at radius 1 is 1.19 bits per heavy atom. The number of nitrogens with zero attached hydrogens (tertiary/aromatic N) is 1. The first kappa shape index (κ1) is 20.4. The molecule has 166 valence electrons. The number of halogens is 1. The van der Waals surface area contributed by atoms with E-state index >= 15 is 0 Å². The van der Waals surface area contributed by atoms with Crippen molar-refractivity contribution < 1.29 is 17.6 Å². The van der Waals surface area contributed by atoms with Gasteiger partial charge in [0.1, 0.15) is 10.5 Å². The summed E-state index contributed by atoms with van der Waals surface area (Å²) < 4.78 is 28.9. The molecule has 0 spiro atoms. The Morgan fingerprint density at radius 3 is 2.59 bits per heavy atom. The number of carbonyl (C=O) groups excluding carboxylic acids is 1. The number of hydrogen-bond donors (Lipinski definition) is 1. The predicted molar refractivity (Wildman–Crippen MR) is 123 cm³/mol. The summed E-state index contributed by atoms with van der Waals surface area (Å²) in [6.07, 6.45) is 4.87. The lowest BCUT2D eigenvalue weighted by Crippen LogP contribution is -2.76. The van der Waals surface area contributed by atoms with Gasteiger partial charge < -0.3 is 9.73 Å². The van der Waals surface area contributed by atoms with Crippen LogP contribution in [0, 0.1) is 0 Å². The molecule has 2 bridgehead atoms. The summed E-state index contributed by atoms with van der Waals surface area (Å²) in [4.78, 5) is 17.6. The highest BCUT2D eigenvalue weighted by Crippen LogP contribution is 2.68. The van der Waals surface area contributed by atoms with E-state index < -0.39 is 14.6 Å². The smallest absolute Gasteiger partial charge is 0.287 e. The van der Waals surface area contributed by atoms with Crippen LogP contribution in [-0.4, -0.2) is 31.1 Å². The van der Waals surface area contributed by atoms with E-state index in [4.69, 9.17) is 21.0 Å². The highest BCUT2D eigenvalue weighted by atomic mass is 35.5. The number of carbonyl (C=O) groups is 1.